The highest BCUT2D eigenvalue weighted by molar-refractivity contribution is 7.84. The van der Waals surface area contributed by atoms with Gasteiger partial charge in [0.25, 0.3) is 0 Å². The Morgan fingerprint density at radius 3 is 2.67 bits per heavy atom. The van der Waals surface area contributed by atoms with Gasteiger partial charge in [0.15, 0.2) is 0 Å². The lowest BCUT2D eigenvalue weighted by molar-refractivity contribution is 0.492. The number of hydrogen-bond acceptors (Lipinski definition) is 3. The summed E-state index contributed by atoms with van der Waals surface area (Å²) in [6, 6.07) is 0.515. The molecule has 0 fully saturated rings. The Morgan fingerprint density at radius 2 is 2.17 bits per heavy atom. The van der Waals surface area contributed by atoms with Crippen molar-refractivity contribution in [3.8, 4) is 0 Å². The topological polar surface area (TPSA) is 41.1 Å². The van der Waals surface area contributed by atoms with Gasteiger partial charge in [0.1, 0.15) is 0 Å². The first-order valence-electron chi connectivity index (χ1n) is 4.34. The summed E-state index contributed by atoms with van der Waals surface area (Å²) < 4.78 is 10.7. The van der Waals surface area contributed by atoms with Crippen molar-refractivity contribution < 1.29 is 4.21 Å². The lowest BCUT2D eigenvalue weighted by Crippen LogP contribution is -2.33. The Labute approximate surface area is 77.8 Å². The van der Waals surface area contributed by atoms with E-state index in [2.05, 4.69) is 17.6 Å². The predicted octanol–water partition coefficient (Wildman–Crippen LogP) is 0.300. The highest BCUT2D eigenvalue weighted by Crippen LogP contribution is 1.96. The summed E-state index contributed by atoms with van der Waals surface area (Å²) in [5, 5.41) is 6.32. The van der Waals surface area contributed by atoms with Crippen LogP contribution in [0.3, 0.4) is 0 Å². The summed E-state index contributed by atoms with van der Waals surface area (Å²) in [7, 11) is 1.29. The van der Waals surface area contributed by atoms with E-state index in [0.717, 1.165) is 25.3 Å². The zero-order chi connectivity index (χ0) is 9.40. The molecule has 12 heavy (non-hydrogen) atoms. The molecule has 2 unspecified atom stereocenters. The Hall–Kier alpha value is 0.0700. The summed E-state index contributed by atoms with van der Waals surface area (Å²) in [6.45, 7) is 2.99. The summed E-state index contributed by atoms with van der Waals surface area (Å²) in [5.74, 6) is 0.825. The Kier molecular flexibility index (Phi) is 7.75. The molecule has 3 nitrogen and oxygen atoms in total. The van der Waals surface area contributed by atoms with Gasteiger partial charge in [-0.3, -0.25) is 4.21 Å². The van der Waals surface area contributed by atoms with Crippen LogP contribution < -0.4 is 10.6 Å². The molecule has 0 bridgehead atoms. The molecule has 0 aromatic carbocycles. The molecule has 4 heteroatoms. The Balaban J connectivity index is 3.19. The van der Waals surface area contributed by atoms with E-state index in [-0.39, 0.29) is 0 Å². The highest BCUT2D eigenvalue weighted by atomic mass is 32.2. The first-order chi connectivity index (χ1) is 5.66. The molecule has 0 rings (SSSR count). The smallest absolute Gasteiger partial charge is 0.0453 e. The van der Waals surface area contributed by atoms with Crippen LogP contribution in [0.25, 0.3) is 0 Å². The fourth-order valence-corrected chi connectivity index (χ4v) is 1.54. The van der Waals surface area contributed by atoms with Crippen LogP contribution in [0.1, 0.15) is 19.8 Å². The maximum Gasteiger partial charge on any atom is 0.0453 e. The molecular weight excluding hydrogens is 172 g/mol. The monoisotopic (exact) mass is 192 g/mol. The molecule has 2 atom stereocenters. The second kappa shape index (κ2) is 7.71. The number of rotatable bonds is 7. The van der Waals surface area contributed by atoms with Gasteiger partial charge in [-0.2, -0.15) is 0 Å². The van der Waals surface area contributed by atoms with E-state index in [1.807, 2.05) is 7.05 Å². The first kappa shape index (κ1) is 12.1. The van der Waals surface area contributed by atoms with E-state index in [9.17, 15) is 4.21 Å². The van der Waals surface area contributed by atoms with Crippen molar-refractivity contribution >= 4 is 10.8 Å². The van der Waals surface area contributed by atoms with Gasteiger partial charge in [0.05, 0.1) is 0 Å². The third kappa shape index (κ3) is 8.17. The van der Waals surface area contributed by atoms with Crippen LogP contribution >= 0.6 is 0 Å². The van der Waals surface area contributed by atoms with E-state index in [1.165, 1.54) is 0 Å². The molecular formula is C8H20N2OS. The van der Waals surface area contributed by atoms with E-state index in [0.29, 0.717) is 6.04 Å². The van der Waals surface area contributed by atoms with Crippen molar-refractivity contribution in [3.05, 3.63) is 0 Å². The average Bonchev–Trinajstić information content (AvgIpc) is 2.00. The Morgan fingerprint density at radius 1 is 1.50 bits per heavy atom. The van der Waals surface area contributed by atoms with E-state index < -0.39 is 10.8 Å². The molecule has 2 N–H and O–H groups in total. The summed E-state index contributed by atoms with van der Waals surface area (Å²) >= 11 is 0. The van der Waals surface area contributed by atoms with E-state index in [1.54, 1.807) is 6.26 Å². The predicted molar refractivity (Wildman–Crippen MR) is 54.7 cm³/mol. The van der Waals surface area contributed by atoms with Crippen LogP contribution in [0.5, 0.6) is 0 Å². The van der Waals surface area contributed by atoms with Gasteiger partial charge in [-0.1, -0.05) is 0 Å². The molecule has 0 saturated carbocycles. The normalized spacial score (nSPS) is 15.9. The van der Waals surface area contributed by atoms with Crippen LogP contribution in [0, 0.1) is 0 Å². The first-order valence-corrected chi connectivity index (χ1v) is 6.07. The third-order valence-corrected chi connectivity index (χ3v) is 2.56. The largest absolute Gasteiger partial charge is 0.308 e. The van der Waals surface area contributed by atoms with Crippen molar-refractivity contribution in [2.24, 2.45) is 0 Å². The van der Waals surface area contributed by atoms with Gasteiger partial charge in [-0.05, 0) is 26.8 Å². The molecule has 0 radical (unpaired) electrons. The molecule has 0 heterocycles. The lowest BCUT2D eigenvalue weighted by atomic mass is 10.2. The summed E-state index contributed by atoms with van der Waals surface area (Å²) in [6.07, 6.45) is 3.90. The zero-order valence-electron chi connectivity index (χ0n) is 8.22. The lowest BCUT2D eigenvalue weighted by Gasteiger charge is -2.12. The fourth-order valence-electron chi connectivity index (χ4n) is 0.971. The van der Waals surface area contributed by atoms with Crippen molar-refractivity contribution in [2.45, 2.75) is 25.8 Å². The van der Waals surface area contributed by atoms with Gasteiger partial charge in [-0.25, -0.2) is 0 Å². The van der Waals surface area contributed by atoms with Crippen molar-refractivity contribution in [1.82, 2.24) is 10.6 Å². The van der Waals surface area contributed by atoms with Gasteiger partial charge < -0.3 is 10.6 Å². The van der Waals surface area contributed by atoms with Crippen molar-refractivity contribution in [1.29, 1.82) is 0 Å². The molecule has 74 valence electrons. The molecule has 0 spiro atoms. The second-order valence-electron chi connectivity index (χ2n) is 3.06. The zero-order valence-corrected chi connectivity index (χ0v) is 9.04. The van der Waals surface area contributed by atoms with Crippen LogP contribution in [0.2, 0.25) is 0 Å². The molecule has 0 aromatic rings. The van der Waals surface area contributed by atoms with Gasteiger partial charge in [-0.15, -0.1) is 0 Å². The fraction of sp³-hybridized carbons (Fsp3) is 1.00. The minimum atomic E-state index is -0.631. The minimum absolute atomic E-state index is 0.515. The maximum absolute atomic E-state index is 10.7. The standard InChI is InChI=1S/C8H20N2OS/c1-8(10-7-9-2)5-4-6-12(3)11/h8-10H,4-7H2,1-3H3. The summed E-state index contributed by atoms with van der Waals surface area (Å²) in [5.41, 5.74) is 0. The maximum atomic E-state index is 10.7. The SMILES string of the molecule is CNCNC(C)CCCS(C)=O. The summed E-state index contributed by atoms with van der Waals surface area (Å²) in [4.78, 5) is 0. The van der Waals surface area contributed by atoms with Crippen molar-refractivity contribution in [3.63, 3.8) is 0 Å². The van der Waals surface area contributed by atoms with Crippen LogP contribution in [0.4, 0.5) is 0 Å². The molecule has 0 aromatic heterocycles. The van der Waals surface area contributed by atoms with Crippen LogP contribution in [-0.2, 0) is 10.8 Å². The second-order valence-corrected chi connectivity index (χ2v) is 4.61. The van der Waals surface area contributed by atoms with E-state index >= 15 is 0 Å². The van der Waals surface area contributed by atoms with Gasteiger partial charge in [0.2, 0.25) is 0 Å². The van der Waals surface area contributed by atoms with Crippen LogP contribution in [-0.4, -0.2) is 36.0 Å². The number of nitrogens with one attached hydrogen (secondary N) is 2. The Bertz CT molecular complexity index is 130. The molecule has 0 aliphatic carbocycles. The van der Waals surface area contributed by atoms with Gasteiger partial charge in [0, 0.05) is 35.5 Å². The average molecular weight is 192 g/mol. The quantitative estimate of drug-likeness (QED) is 0.570. The third-order valence-electron chi connectivity index (χ3n) is 1.70. The van der Waals surface area contributed by atoms with Crippen LogP contribution in [0.15, 0.2) is 0 Å². The molecule has 0 aliphatic rings. The molecule has 0 saturated heterocycles. The molecule has 0 amide bonds. The molecule has 0 aliphatic heterocycles. The minimum Gasteiger partial charge on any atom is -0.308 e. The number of hydrogen-bond donors (Lipinski definition) is 2. The van der Waals surface area contributed by atoms with Gasteiger partial charge >= 0.3 is 0 Å². The van der Waals surface area contributed by atoms with Crippen molar-refractivity contribution in [2.75, 3.05) is 25.7 Å². The van der Waals surface area contributed by atoms with E-state index in [4.69, 9.17) is 0 Å². The highest BCUT2D eigenvalue weighted by Gasteiger charge is 1.99.